The predicted octanol–water partition coefficient (Wildman–Crippen LogP) is 2.16. The average molecular weight is 353 g/mol. The molecule has 2 heterocycles. The largest absolute Gasteiger partial charge is 0.465 e. The first-order chi connectivity index (χ1) is 11.8. The van der Waals surface area contributed by atoms with E-state index in [9.17, 15) is 9.59 Å². The normalized spacial score (nSPS) is 34.4. The van der Waals surface area contributed by atoms with Gasteiger partial charge in [0, 0.05) is 0 Å². The Morgan fingerprint density at radius 1 is 1.28 bits per heavy atom. The van der Waals surface area contributed by atoms with Gasteiger partial charge in [0.05, 0.1) is 12.7 Å². The first-order valence-corrected chi connectivity index (χ1v) is 8.80. The highest BCUT2D eigenvalue weighted by atomic mass is 17.2. The van der Waals surface area contributed by atoms with E-state index >= 15 is 0 Å². The number of hydrogen-bond acceptors (Lipinski definition) is 7. The van der Waals surface area contributed by atoms with Gasteiger partial charge in [0.2, 0.25) is 5.91 Å². The van der Waals surface area contributed by atoms with Crippen molar-refractivity contribution in [3.63, 3.8) is 0 Å². The monoisotopic (exact) mass is 353 g/mol. The van der Waals surface area contributed by atoms with Crippen molar-refractivity contribution < 1.29 is 24.1 Å². The molecule has 2 rings (SSSR count). The second-order valence-electron chi connectivity index (χ2n) is 6.94. The van der Waals surface area contributed by atoms with Crippen molar-refractivity contribution in [2.24, 2.45) is 5.41 Å². The molecule has 0 aromatic carbocycles. The second-order valence-corrected chi connectivity index (χ2v) is 6.94. The van der Waals surface area contributed by atoms with Gasteiger partial charge in [-0.3, -0.25) is 15.0 Å². The van der Waals surface area contributed by atoms with Gasteiger partial charge in [0.15, 0.2) is 11.4 Å². The van der Waals surface area contributed by atoms with Gasteiger partial charge < -0.3 is 4.74 Å². The smallest absolute Gasteiger partial charge is 0.316 e. The van der Waals surface area contributed by atoms with Crippen molar-refractivity contribution in [2.75, 3.05) is 6.61 Å². The van der Waals surface area contributed by atoms with Crippen LogP contribution in [0.2, 0.25) is 0 Å². The maximum absolute atomic E-state index is 12.9. The van der Waals surface area contributed by atoms with E-state index in [0.29, 0.717) is 19.3 Å². The Hall–Kier alpha value is -1.69. The molecule has 2 aliphatic rings. The maximum atomic E-state index is 12.9. The lowest BCUT2D eigenvalue weighted by atomic mass is 9.66. The van der Waals surface area contributed by atoms with Gasteiger partial charge >= 0.3 is 5.97 Å². The topological polar surface area (TPSA) is 101 Å². The van der Waals surface area contributed by atoms with Crippen LogP contribution >= 0.6 is 0 Å². The second kappa shape index (κ2) is 7.28. The fourth-order valence-electron chi connectivity index (χ4n) is 3.78. The molecule has 1 amide bonds. The molecule has 0 spiro atoms. The number of rotatable bonds is 7. The summed E-state index contributed by atoms with van der Waals surface area (Å²) in [5.41, 5.74) is -0.375. The van der Waals surface area contributed by atoms with Crippen LogP contribution in [0.15, 0.2) is 0 Å². The van der Waals surface area contributed by atoms with Crippen molar-refractivity contribution in [1.29, 1.82) is 5.26 Å². The van der Waals surface area contributed by atoms with Crippen molar-refractivity contribution in [3.05, 3.63) is 0 Å². The van der Waals surface area contributed by atoms with Gasteiger partial charge in [-0.1, -0.05) is 19.8 Å². The van der Waals surface area contributed by atoms with Crippen molar-refractivity contribution in [3.8, 4) is 6.07 Å². The molecule has 0 saturated carbocycles. The molecule has 140 valence electrons. The molecule has 0 aromatic rings. The number of piperidine rings is 1. The molecule has 2 bridgehead atoms. The Morgan fingerprint density at radius 3 is 2.60 bits per heavy atom. The lowest BCUT2D eigenvalue weighted by molar-refractivity contribution is -0.351. The van der Waals surface area contributed by atoms with Gasteiger partial charge in [-0.25, -0.2) is 9.78 Å². The number of nitriles is 1. The molecule has 2 aliphatic heterocycles. The maximum Gasteiger partial charge on any atom is 0.316 e. The highest BCUT2D eigenvalue weighted by Gasteiger charge is 2.71. The number of carbonyl (C=O) groups is 2. The van der Waals surface area contributed by atoms with E-state index in [1.807, 2.05) is 13.0 Å². The molecule has 8 nitrogen and oxygen atoms in total. The number of nitrogens with one attached hydrogen (secondary N) is 1. The molecule has 2 saturated heterocycles. The summed E-state index contributed by atoms with van der Waals surface area (Å²) < 4.78 is 5.37. The minimum Gasteiger partial charge on any atom is -0.465 e. The van der Waals surface area contributed by atoms with Crippen LogP contribution in [0.5, 0.6) is 0 Å². The summed E-state index contributed by atoms with van der Waals surface area (Å²) in [6.45, 7) is 7.60. The van der Waals surface area contributed by atoms with E-state index < -0.39 is 22.8 Å². The lowest BCUT2D eigenvalue weighted by Crippen LogP contribution is -2.71. The van der Waals surface area contributed by atoms with E-state index in [2.05, 4.69) is 5.43 Å². The van der Waals surface area contributed by atoms with Gasteiger partial charge in [0.1, 0.15) is 11.8 Å². The fourth-order valence-corrected chi connectivity index (χ4v) is 3.78. The van der Waals surface area contributed by atoms with E-state index in [4.69, 9.17) is 19.8 Å². The van der Waals surface area contributed by atoms with Crippen LogP contribution in [-0.4, -0.2) is 34.9 Å². The number of amides is 1. The fraction of sp³-hybridized carbons (Fsp3) is 0.824. The number of hydrogen-bond donors (Lipinski definition) is 1. The summed E-state index contributed by atoms with van der Waals surface area (Å²) in [6.07, 6.45) is 3.01. The quantitative estimate of drug-likeness (QED) is 0.553. The Labute approximate surface area is 148 Å². The third-order valence-corrected chi connectivity index (χ3v) is 5.29. The van der Waals surface area contributed by atoms with E-state index in [1.165, 1.54) is 0 Å². The van der Waals surface area contributed by atoms with Gasteiger partial charge in [-0.2, -0.15) is 10.3 Å². The van der Waals surface area contributed by atoms with Gasteiger partial charge in [0.25, 0.3) is 0 Å². The molecule has 3 atom stereocenters. The zero-order valence-corrected chi connectivity index (χ0v) is 15.4. The number of unbranched alkanes of at least 4 members (excludes halogenated alkanes) is 1. The molecule has 2 fully saturated rings. The SMILES string of the molecule is CCCCC1(C(=O)OCC)CCC2(C)OOC1(C)N2NC(=O)CC#N. The summed E-state index contributed by atoms with van der Waals surface area (Å²) in [6, 6.07) is 1.82. The first-order valence-electron chi connectivity index (χ1n) is 8.80. The summed E-state index contributed by atoms with van der Waals surface area (Å²) in [4.78, 5) is 36.2. The summed E-state index contributed by atoms with van der Waals surface area (Å²) in [5, 5.41) is 10.3. The molecule has 1 N–H and O–H groups in total. The zero-order valence-electron chi connectivity index (χ0n) is 15.4. The van der Waals surface area contributed by atoms with Crippen LogP contribution in [0.4, 0.5) is 0 Å². The Balaban J connectivity index is 2.42. The van der Waals surface area contributed by atoms with Gasteiger partial charge in [-0.15, -0.1) is 0 Å². The highest BCUT2D eigenvalue weighted by molar-refractivity contribution is 5.80. The number of carbonyl (C=O) groups excluding carboxylic acids is 2. The molecule has 0 aromatic heterocycles. The Kier molecular flexibility index (Phi) is 5.72. The molecule has 0 radical (unpaired) electrons. The number of ether oxygens (including phenoxy) is 1. The average Bonchev–Trinajstić information content (AvgIpc) is 2.75. The van der Waals surface area contributed by atoms with Crippen LogP contribution in [0.25, 0.3) is 0 Å². The van der Waals surface area contributed by atoms with E-state index in [1.54, 1.807) is 25.8 Å². The zero-order chi connectivity index (χ0) is 18.7. The number of nitrogens with zero attached hydrogens (tertiary/aromatic N) is 2. The number of fused-ring (bicyclic) bond motifs is 2. The number of hydrazine groups is 1. The van der Waals surface area contributed by atoms with Crippen LogP contribution in [0.3, 0.4) is 0 Å². The van der Waals surface area contributed by atoms with Crippen molar-refractivity contribution in [1.82, 2.24) is 10.4 Å². The lowest BCUT2D eigenvalue weighted by Gasteiger charge is -2.52. The summed E-state index contributed by atoms with van der Waals surface area (Å²) in [5.74, 6) is -0.817. The minimum absolute atomic E-state index is 0.266. The van der Waals surface area contributed by atoms with Crippen LogP contribution in [0, 0.1) is 16.7 Å². The van der Waals surface area contributed by atoms with Crippen LogP contribution in [-0.2, 0) is 24.1 Å². The van der Waals surface area contributed by atoms with E-state index in [-0.39, 0.29) is 19.0 Å². The van der Waals surface area contributed by atoms with Crippen molar-refractivity contribution >= 4 is 11.9 Å². The third kappa shape index (κ3) is 3.12. The predicted molar refractivity (Wildman–Crippen MR) is 87.0 cm³/mol. The Bertz CT molecular complexity index is 577. The van der Waals surface area contributed by atoms with Crippen LogP contribution < -0.4 is 5.43 Å². The molecule has 3 unspecified atom stereocenters. The minimum atomic E-state index is -1.22. The van der Waals surface area contributed by atoms with Crippen molar-refractivity contribution in [2.45, 2.75) is 77.7 Å². The third-order valence-electron chi connectivity index (χ3n) is 5.29. The Morgan fingerprint density at radius 2 is 2.00 bits per heavy atom. The highest BCUT2D eigenvalue weighted by Crippen LogP contribution is 2.57. The molecule has 0 aliphatic carbocycles. The first kappa shape index (κ1) is 19.6. The summed E-state index contributed by atoms with van der Waals surface area (Å²) >= 11 is 0. The molecular weight excluding hydrogens is 326 g/mol. The summed E-state index contributed by atoms with van der Waals surface area (Å²) in [7, 11) is 0. The van der Waals surface area contributed by atoms with Gasteiger partial charge in [-0.05, 0) is 40.0 Å². The van der Waals surface area contributed by atoms with E-state index in [0.717, 1.165) is 12.8 Å². The van der Waals surface area contributed by atoms with Crippen LogP contribution in [0.1, 0.15) is 66.2 Å². The standard InChI is InChI=1S/C17H27N3O5/c1-5-7-9-17(14(22)23-6-2)11-10-15(3)20(16(17,4)25-24-15)19-13(21)8-12-18/h5-11H2,1-4H3,(H,19,21). The molecule has 25 heavy (non-hydrogen) atoms. The molecular formula is C17H27N3O5. The molecule has 8 heteroatoms. The number of esters is 1.